The third-order valence-electron chi connectivity index (χ3n) is 4.85. The summed E-state index contributed by atoms with van der Waals surface area (Å²) >= 11 is 0. The van der Waals surface area contributed by atoms with Gasteiger partial charge in [0, 0.05) is 23.7 Å². The molecule has 1 amide bonds. The van der Waals surface area contributed by atoms with Gasteiger partial charge < -0.3 is 10.6 Å². The smallest absolute Gasteiger partial charge is 0.243 e. The Morgan fingerprint density at radius 1 is 0.963 bits per heavy atom. The number of amides is 1. The van der Waals surface area contributed by atoms with E-state index in [1.165, 1.54) is 18.2 Å². The molecule has 1 aliphatic heterocycles. The van der Waals surface area contributed by atoms with E-state index in [9.17, 15) is 13.6 Å². The minimum absolute atomic E-state index is 0.0932. The van der Waals surface area contributed by atoms with Gasteiger partial charge in [0.05, 0.1) is 0 Å². The first-order valence-corrected chi connectivity index (χ1v) is 8.75. The molecule has 0 saturated carbocycles. The average molecular weight is 364 g/mol. The van der Waals surface area contributed by atoms with Crippen LogP contribution >= 0.6 is 0 Å². The Kier molecular flexibility index (Phi) is 4.59. The summed E-state index contributed by atoms with van der Waals surface area (Å²) in [5, 5.41) is 5.98. The Morgan fingerprint density at radius 2 is 1.70 bits per heavy atom. The van der Waals surface area contributed by atoms with E-state index in [-0.39, 0.29) is 30.0 Å². The highest BCUT2D eigenvalue weighted by molar-refractivity contribution is 5.89. The van der Waals surface area contributed by atoms with Crippen LogP contribution in [0.5, 0.6) is 0 Å². The molecule has 0 spiro atoms. The van der Waals surface area contributed by atoms with Crippen LogP contribution in [0.3, 0.4) is 0 Å². The van der Waals surface area contributed by atoms with E-state index in [2.05, 4.69) is 10.6 Å². The monoisotopic (exact) mass is 364 g/mol. The summed E-state index contributed by atoms with van der Waals surface area (Å²) in [5.41, 5.74) is 2.81. The molecule has 0 aliphatic carbocycles. The zero-order chi connectivity index (χ0) is 18.8. The summed E-state index contributed by atoms with van der Waals surface area (Å²) in [4.78, 5) is 12.9. The molecule has 3 nitrogen and oxygen atoms in total. The molecule has 3 aromatic rings. The van der Waals surface area contributed by atoms with Crippen molar-refractivity contribution in [1.29, 1.82) is 0 Å². The van der Waals surface area contributed by atoms with Crippen molar-refractivity contribution in [1.82, 2.24) is 5.32 Å². The van der Waals surface area contributed by atoms with Crippen LogP contribution in [0.25, 0.3) is 0 Å². The first-order chi connectivity index (χ1) is 13.1. The molecule has 0 aromatic heterocycles. The molecule has 1 heterocycles. The highest BCUT2D eigenvalue weighted by Gasteiger charge is 2.38. The zero-order valence-corrected chi connectivity index (χ0v) is 14.5. The summed E-state index contributed by atoms with van der Waals surface area (Å²) in [6.07, 6.45) is 0. The van der Waals surface area contributed by atoms with Gasteiger partial charge in [-0.1, -0.05) is 48.5 Å². The quantitative estimate of drug-likeness (QED) is 0.728. The van der Waals surface area contributed by atoms with Gasteiger partial charge in [-0.2, -0.15) is 0 Å². The predicted octanol–water partition coefficient (Wildman–Crippen LogP) is 4.21. The third kappa shape index (κ3) is 3.40. The maximum atomic E-state index is 13.8. The number of rotatable bonds is 4. The highest BCUT2D eigenvalue weighted by Crippen LogP contribution is 2.40. The van der Waals surface area contributed by atoms with Crippen molar-refractivity contribution in [2.75, 3.05) is 5.32 Å². The minimum atomic E-state index is -0.601. The van der Waals surface area contributed by atoms with E-state index in [0.29, 0.717) is 5.56 Å². The first-order valence-electron chi connectivity index (χ1n) is 8.75. The number of halogens is 2. The Balaban J connectivity index is 1.61. The molecule has 0 fully saturated rings. The lowest BCUT2D eigenvalue weighted by Gasteiger charge is -2.20. The number of benzene rings is 3. The summed E-state index contributed by atoms with van der Waals surface area (Å²) in [6.45, 7) is 0.0932. The molecule has 27 heavy (non-hydrogen) atoms. The number of anilines is 1. The number of hydrogen-bond donors (Lipinski definition) is 2. The van der Waals surface area contributed by atoms with Gasteiger partial charge in [-0.05, 0) is 35.4 Å². The van der Waals surface area contributed by atoms with Gasteiger partial charge in [-0.3, -0.25) is 4.79 Å². The molecule has 2 N–H and O–H groups in total. The Labute approximate surface area is 156 Å². The van der Waals surface area contributed by atoms with E-state index < -0.39 is 6.04 Å². The van der Waals surface area contributed by atoms with Crippen molar-refractivity contribution in [2.24, 2.45) is 0 Å². The second kappa shape index (κ2) is 7.19. The van der Waals surface area contributed by atoms with Gasteiger partial charge in [0.2, 0.25) is 5.91 Å². The molecular weight excluding hydrogens is 346 g/mol. The summed E-state index contributed by atoms with van der Waals surface area (Å²) in [5.74, 6) is -1.28. The van der Waals surface area contributed by atoms with E-state index in [1.807, 2.05) is 30.3 Å². The second-order valence-corrected chi connectivity index (χ2v) is 6.55. The molecule has 1 aliphatic rings. The molecular formula is C22H18F2N2O. The van der Waals surface area contributed by atoms with E-state index in [4.69, 9.17) is 0 Å². The van der Waals surface area contributed by atoms with Crippen molar-refractivity contribution < 1.29 is 13.6 Å². The lowest BCUT2D eigenvalue weighted by atomic mass is 9.87. The summed E-state index contributed by atoms with van der Waals surface area (Å²) in [7, 11) is 0. The minimum Gasteiger partial charge on any atom is -0.373 e. The number of fused-ring (bicyclic) bond motifs is 1. The first kappa shape index (κ1) is 17.2. The van der Waals surface area contributed by atoms with Crippen molar-refractivity contribution in [3.8, 4) is 0 Å². The molecule has 4 rings (SSSR count). The Morgan fingerprint density at radius 3 is 2.48 bits per heavy atom. The van der Waals surface area contributed by atoms with Crippen LogP contribution in [0.15, 0.2) is 72.8 Å². The van der Waals surface area contributed by atoms with Crippen LogP contribution in [0.1, 0.15) is 22.6 Å². The molecule has 3 aromatic carbocycles. The van der Waals surface area contributed by atoms with Gasteiger partial charge in [-0.25, -0.2) is 8.78 Å². The normalized spacial score (nSPS) is 17.9. The predicted molar refractivity (Wildman–Crippen MR) is 100 cm³/mol. The highest BCUT2D eigenvalue weighted by atomic mass is 19.1. The van der Waals surface area contributed by atoms with Crippen molar-refractivity contribution >= 4 is 11.6 Å². The Hall–Kier alpha value is -3.21. The van der Waals surface area contributed by atoms with Gasteiger partial charge in [0.1, 0.15) is 17.7 Å². The molecule has 2 atom stereocenters. The SMILES string of the molecule is O=C(NCc1ccccc1F)C1Nc2ccc(F)cc2C1c1ccccc1. The summed E-state index contributed by atoms with van der Waals surface area (Å²) < 4.78 is 27.6. The van der Waals surface area contributed by atoms with Crippen molar-refractivity contribution in [3.05, 3.63) is 101 Å². The molecule has 0 bridgehead atoms. The van der Waals surface area contributed by atoms with Crippen molar-refractivity contribution in [2.45, 2.75) is 18.5 Å². The maximum Gasteiger partial charge on any atom is 0.243 e. The van der Waals surface area contributed by atoms with E-state index >= 15 is 0 Å². The Bertz CT molecular complexity index is 975. The summed E-state index contributed by atoms with van der Waals surface area (Å²) in [6, 6.07) is 19.7. The third-order valence-corrected chi connectivity index (χ3v) is 4.85. The second-order valence-electron chi connectivity index (χ2n) is 6.55. The van der Waals surface area contributed by atoms with Gasteiger partial charge in [0.15, 0.2) is 0 Å². The van der Waals surface area contributed by atoms with E-state index in [0.717, 1.165) is 16.8 Å². The molecule has 5 heteroatoms. The van der Waals surface area contributed by atoms with Crippen LogP contribution in [0.2, 0.25) is 0 Å². The maximum absolute atomic E-state index is 13.8. The van der Waals surface area contributed by atoms with Crippen LogP contribution in [0.4, 0.5) is 14.5 Å². The standard InChI is InChI=1S/C22H18F2N2O/c23-16-10-11-19-17(12-16)20(14-6-2-1-3-7-14)21(26-19)22(27)25-13-15-8-4-5-9-18(15)24/h1-12,20-21,26H,13H2,(H,25,27). The zero-order valence-electron chi connectivity index (χ0n) is 14.5. The molecule has 0 saturated heterocycles. The van der Waals surface area contributed by atoms with Gasteiger partial charge >= 0.3 is 0 Å². The fraction of sp³-hybridized carbons (Fsp3) is 0.136. The van der Waals surface area contributed by atoms with Crippen molar-refractivity contribution in [3.63, 3.8) is 0 Å². The number of carbonyl (C=O) groups is 1. The lowest BCUT2D eigenvalue weighted by Crippen LogP contribution is -2.40. The molecule has 0 radical (unpaired) electrons. The van der Waals surface area contributed by atoms with Gasteiger partial charge in [-0.15, -0.1) is 0 Å². The van der Waals surface area contributed by atoms with Crippen LogP contribution in [0, 0.1) is 11.6 Å². The van der Waals surface area contributed by atoms with Gasteiger partial charge in [0.25, 0.3) is 0 Å². The molecule has 2 unspecified atom stereocenters. The number of carbonyl (C=O) groups excluding carboxylic acids is 1. The van der Waals surface area contributed by atoms with Crippen LogP contribution < -0.4 is 10.6 Å². The fourth-order valence-corrected chi connectivity index (χ4v) is 3.54. The van der Waals surface area contributed by atoms with Crippen LogP contribution in [-0.4, -0.2) is 11.9 Å². The fourth-order valence-electron chi connectivity index (χ4n) is 3.54. The number of hydrogen-bond acceptors (Lipinski definition) is 2. The largest absolute Gasteiger partial charge is 0.373 e. The topological polar surface area (TPSA) is 41.1 Å². The van der Waals surface area contributed by atoms with E-state index in [1.54, 1.807) is 24.3 Å². The number of nitrogens with one attached hydrogen (secondary N) is 2. The lowest BCUT2D eigenvalue weighted by molar-refractivity contribution is -0.122. The average Bonchev–Trinajstić information content (AvgIpc) is 3.06. The molecule has 136 valence electrons. The van der Waals surface area contributed by atoms with Crippen LogP contribution in [-0.2, 0) is 11.3 Å².